The van der Waals surface area contributed by atoms with Gasteiger partial charge >= 0.3 is 5.97 Å². The molecule has 0 radical (unpaired) electrons. The quantitative estimate of drug-likeness (QED) is 0.672. The molecule has 3 aliphatic rings. The predicted octanol–water partition coefficient (Wildman–Crippen LogP) is 4.86. The van der Waals surface area contributed by atoms with E-state index in [9.17, 15) is 9.59 Å². The molecule has 1 saturated carbocycles. The Morgan fingerprint density at radius 1 is 1.28 bits per heavy atom. The van der Waals surface area contributed by atoms with Crippen LogP contribution >= 0.6 is 0 Å². The molecule has 0 bridgehead atoms. The summed E-state index contributed by atoms with van der Waals surface area (Å²) in [5.41, 5.74) is 2.52. The van der Waals surface area contributed by atoms with E-state index in [4.69, 9.17) is 4.74 Å². The summed E-state index contributed by atoms with van der Waals surface area (Å²) >= 11 is 0. The van der Waals surface area contributed by atoms with Gasteiger partial charge in [-0.2, -0.15) is 0 Å². The molecule has 3 heteroatoms. The summed E-state index contributed by atoms with van der Waals surface area (Å²) in [6, 6.07) is 0. The zero-order valence-electron chi connectivity index (χ0n) is 16.5. The highest BCUT2D eigenvalue weighted by molar-refractivity contribution is 5.91. The molecule has 0 aromatic rings. The van der Waals surface area contributed by atoms with Crippen LogP contribution in [0.5, 0.6) is 0 Å². The van der Waals surface area contributed by atoms with Crippen LogP contribution in [0.25, 0.3) is 0 Å². The molecule has 0 spiro atoms. The van der Waals surface area contributed by atoms with Gasteiger partial charge in [0.1, 0.15) is 0 Å². The van der Waals surface area contributed by atoms with Crippen molar-refractivity contribution in [3.05, 3.63) is 23.3 Å². The number of rotatable bonds is 2. The number of hydrogen-bond donors (Lipinski definition) is 0. The number of ketones is 1. The van der Waals surface area contributed by atoms with Gasteiger partial charge in [-0.15, -0.1) is 0 Å². The van der Waals surface area contributed by atoms with Gasteiger partial charge < -0.3 is 4.74 Å². The minimum absolute atomic E-state index is 0.000615. The Bertz CT molecular complexity index is 652. The van der Waals surface area contributed by atoms with Crippen molar-refractivity contribution in [2.24, 2.45) is 28.6 Å². The summed E-state index contributed by atoms with van der Waals surface area (Å²) in [7, 11) is 0. The smallest absolute Gasteiger partial charge is 0.303 e. The van der Waals surface area contributed by atoms with Crippen molar-refractivity contribution in [2.45, 2.75) is 73.3 Å². The highest BCUT2D eigenvalue weighted by atomic mass is 16.5. The third-order valence-corrected chi connectivity index (χ3v) is 7.13. The number of Topliss-reactive ketones (excluding diaryl/α,β-unsaturated/α-hetero) is 1. The zero-order valence-corrected chi connectivity index (χ0v) is 16.5. The molecular formula is C22H32O3. The molecule has 1 fully saturated rings. The van der Waals surface area contributed by atoms with E-state index >= 15 is 0 Å². The number of carbonyl (C=O) groups is 2. The summed E-state index contributed by atoms with van der Waals surface area (Å²) in [6.07, 6.45) is 8.06. The lowest BCUT2D eigenvalue weighted by atomic mass is 9.46. The first-order chi connectivity index (χ1) is 11.6. The first kappa shape index (κ1) is 18.4. The zero-order chi connectivity index (χ0) is 18.6. The summed E-state index contributed by atoms with van der Waals surface area (Å²) in [5.74, 6) is 1.09. The third-order valence-electron chi connectivity index (χ3n) is 7.13. The fourth-order valence-corrected chi connectivity index (χ4v) is 5.78. The molecule has 0 aromatic carbocycles. The van der Waals surface area contributed by atoms with Gasteiger partial charge in [-0.05, 0) is 54.4 Å². The van der Waals surface area contributed by atoms with Gasteiger partial charge in [0.05, 0.1) is 0 Å². The van der Waals surface area contributed by atoms with E-state index in [0.29, 0.717) is 24.2 Å². The van der Waals surface area contributed by atoms with Gasteiger partial charge in [-0.3, -0.25) is 9.59 Å². The normalized spacial score (nSPS) is 36.9. The second-order valence-corrected chi connectivity index (χ2v) is 9.35. The summed E-state index contributed by atoms with van der Waals surface area (Å²) in [4.78, 5) is 24.5. The fraction of sp³-hybridized carbons (Fsp3) is 0.727. The van der Waals surface area contributed by atoms with Crippen molar-refractivity contribution in [1.82, 2.24) is 0 Å². The van der Waals surface area contributed by atoms with Gasteiger partial charge in [0.2, 0.25) is 0 Å². The maximum atomic E-state index is 13.0. The van der Waals surface area contributed by atoms with Crippen LogP contribution in [0.3, 0.4) is 0 Å². The van der Waals surface area contributed by atoms with Crippen molar-refractivity contribution in [3.8, 4) is 0 Å². The number of fused-ring (bicyclic) bond motifs is 3. The minimum Gasteiger partial charge on any atom is -0.455 e. The standard InChI is InChI=1S/C22H32O3/c1-13(2)15-7-9-17-16(11-15)8-10-19-21(4,5)20(24)18(25-14(3)23)12-22(17,19)6/h8,11,13,17-19H,7,9-10,12H2,1-6H3/t17-,18+,19-,22+/m1/s1. The Morgan fingerprint density at radius 2 is 1.96 bits per heavy atom. The van der Waals surface area contributed by atoms with Gasteiger partial charge in [0.25, 0.3) is 0 Å². The topological polar surface area (TPSA) is 43.4 Å². The Morgan fingerprint density at radius 3 is 2.56 bits per heavy atom. The van der Waals surface area contributed by atoms with E-state index in [-0.39, 0.29) is 17.2 Å². The lowest BCUT2D eigenvalue weighted by Gasteiger charge is -2.58. The van der Waals surface area contributed by atoms with Gasteiger partial charge in [0.15, 0.2) is 11.9 Å². The van der Waals surface area contributed by atoms with Crippen molar-refractivity contribution in [1.29, 1.82) is 0 Å². The van der Waals surface area contributed by atoms with Crippen LogP contribution in [0.1, 0.15) is 67.2 Å². The summed E-state index contributed by atoms with van der Waals surface area (Å²) in [6.45, 7) is 12.3. The van der Waals surface area contributed by atoms with Crippen molar-refractivity contribution in [3.63, 3.8) is 0 Å². The van der Waals surface area contributed by atoms with E-state index in [2.05, 4.69) is 32.9 Å². The monoisotopic (exact) mass is 344 g/mol. The molecule has 0 unspecified atom stereocenters. The van der Waals surface area contributed by atoms with Crippen molar-refractivity contribution in [2.75, 3.05) is 0 Å². The van der Waals surface area contributed by atoms with E-state index in [1.807, 2.05) is 13.8 Å². The molecule has 3 nitrogen and oxygen atoms in total. The molecule has 0 N–H and O–H groups in total. The average Bonchev–Trinajstić information content (AvgIpc) is 2.51. The lowest BCUT2D eigenvalue weighted by molar-refractivity contribution is -0.173. The first-order valence-corrected chi connectivity index (χ1v) is 9.69. The van der Waals surface area contributed by atoms with Crippen LogP contribution in [-0.4, -0.2) is 17.9 Å². The largest absolute Gasteiger partial charge is 0.455 e. The Kier molecular flexibility index (Phi) is 4.50. The SMILES string of the molecule is CC(=O)O[C@H]1C[C@@]2(C)[C@@H]3CCC(C(C)C)=CC3=CC[C@@H]2C(C)(C)C1=O. The molecule has 138 valence electrons. The van der Waals surface area contributed by atoms with Crippen LogP contribution in [0.15, 0.2) is 23.3 Å². The van der Waals surface area contributed by atoms with Crippen LogP contribution in [0.2, 0.25) is 0 Å². The second-order valence-electron chi connectivity index (χ2n) is 9.35. The molecule has 3 aliphatic carbocycles. The van der Waals surface area contributed by atoms with E-state index in [0.717, 1.165) is 19.3 Å². The Labute approximate surface area is 151 Å². The Hall–Kier alpha value is -1.38. The summed E-state index contributed by atoms with van der Waals surface area (Å²) in [5, 5.41) is 0. The van der Waals surface area contributed by atoms with E-state index in [1.165, 1.54) is 18.1 Å². The molecule has 0 saturated heterocycles. The van der Waals surface area contributed by atoms with Crippen LogP contribution in [0, 0.1) is 28.6 Å². The van der Waals surface area contributed by atoms with Crippen molar-refractivity contribution >= 4 is 11.8 Å². The number of esters is 1. The molecule has 0 amide bonds. The molecular weight excluding hydrogens is 312 g/mol. The molecule has 25 heavy (non-hydrogen) atoms. The first-order valence-electron chi connectivity index (χ1n) is 9.69. The van der Waals surface area contributed by atoms with E-state index in [1.54, 1.807) is 0 Å². The van der Waals surface area contributed by atoms with Crippen molar-refractivity contribution < 1.29 is 14.3 Å². The average molecular weight is 344 g/mol. The fourth-order valence-electron chi connectivity index (χ4n) is 5.78. The Balaban J connectivity index is 2.00. The predicted molar refractivity (Wildman–Crippen MR) is 98.9 cm³/mol. The number of carbonyl (C=O) groups excluding carboxylic acids is 2. The summed E-state index contributed by atoms with van der Waals surface area (Å²) < 4.78 is 5.47. The highest BCUT2D eigenvalue weighted by Crippen LogP contribution is 2.61. The van der Waals surface area contributed by atoms with Crippen LogP contribution < -0.4 is 0 Å². The van der Waals surface area contributed by atoms with Crippen LogP contribution in [0.4, 0.5) is 0 Å². The minimum atomic E-state index is -0.594. The molecule has 3 rings (SSSR count). The molecule has 0 aliphatic heterocycles. The highest BCUT2D eigenvalue weighted by Gasteiger charge is 2.59. The van der Waals surface area contributed by atoms with E-state index < -0.39 is 11.5 Å². The maximum Gasteiger partial charge on any atom is 0.303 e. The third kappa shape index (κ3) is 2.90. The van der Waals surface area contributed by atoms with Gasteiger partial charge in [0, 0.05) is 12.3 Å². The number of hydrogen-bond acceptors (Lipinski definition) is 3. The molecule has 0 aromatic heterocycles. The lowest BCUT2D eigenvalue weighted by Crippen LogP contribution is -2.58. The maximum absolute atomic E-state index is 13.0. The van der Waals surface area contributed by atoms with Gasteiger partial charge in [-0.25, -0.2) is 0 Å². The second kappa shape index (κ2) is 6.10. The number of ether oxygens (including phenoxy) is 1. The van der Waals surface area contributed by atoms with Gasteiger partial charge in [-0.1, -0.05) is 52.3 Å². The van der Waals surface area contributed by atoms with Crippen LogP contribution in [-0.2, 0) is 14.3 Å². The molecule has 0 heterocycles. The molecule has 4 atom stereocenters. The number of allylic oxidation sites excluding steroid dienone is 4.